The molecule has 0 aliphatic carbocycles. The van der Waals surface area contributed by atoms with Crippen molar-refractivity contribution in [3.63, 3.8) is 0 Å². The number of aryl methyl sites for hydroxylation is 2. The van der Waals surface area contributed by atoms with E-state index in [0.29, 0.717) is 5.92 Å². The summed E-state index contributed by atoms with van der Waals surface area (Å²) >= 11 is 1.36. The van der Waals surface area contributed by atoms with E-state index in [2.05, 4.69) is 179 Å². The topological polar surface area (TPSA) is 0 Å². The molecule has 2 radical (unpaired) electrons. The van der Waals surface area contributed by atoms with Crippen LogP contribution in [0.15, 0.2) is 103 Å². The Labute approximate surface area is 334 Å². The molecule has 50 heavy (non-hydrogen) atoms. The van der Waals surface area contributed by atoms with Crippen molar-refractivity contribution in [3.05, 3.63) is 146 Å². The zero-order chi connectivity index (χ0) is 33.8. The van der Waals surface area contributed by atoms with Crippen molar-refractivity contribution in [2.75, 3.05) is 0 Å². The van der Waals surface area contributed by atoms with Crippen molar-refractivity contribution in [3.8, 4) is 22.3 Å². The third-order valence-corrected chi connectivity index (χ3v) is 9.19. The molecule has 0 bridgehead atoms. The Hall–Kier alpha value is -2.22. The van der Waals surface area contributed by atoms with Gasteiger partial charge >= 0.3 is 30.2 Å². The molecule has 1 atom stereocenters. The van der Waals surface area contributed by atoms with Gasteiger partial charge in [-0.2, -0.15) is 12.1 Å². The molecule has 6 rings (SSSR count). The van der Waals surface area contributed by atoms with Crippen LogP contribution in [-0.2, 0) is 34.2 Å². The normalized spacial score (nSPS) is 11.3. The summed E-state index contributed by atoms with van der Waals surface area (Å²) in [5.74, 6) is 0.624. The molecular weight excluding hydrogens is 743 g/mol. The summed E-state index contributed by atoms with van der Waals surface area (Å²) in [7, 11) is 0. The van der Waals surface area contributed by atoms with Crippen LogP contribution in [0.25, 0.3) is 43.8 Å². The molecule has 268 valence electrons. The van der Waals surface area contributed by atoms with Crippen molar-refractivity contribution in [1.82, 2.24) is 0 Å². The Kier molecular flexibility index (Phi) is 19.2. The minimum absolute atomic E-state index is 0. The Morgan fingerprint density at radius 2 is 1.10 bits per heavy atom. The fourth-order valence-electron chi connectivity index (χ4n) is 6.19. The van der Waals surface area contributed by atoms with E-state index in [4.69, 9.17) is 0 Å². The third-order valence-electron chi connectivity index (χ3n) is 9.19. The molecule has 6 aromatic rings. The molecule has 0 saturated carbocycles. The predicted octanol–water partition coefficient (Wildman–Crippen LogP) is 14.5. The van der Waals surface area contributed by atoms with E-state index in [9.17, 15) is 0 Å². The fraction of sp³-hybridized carbons (Fsp3) is 0.304. The Balaban J connectivity index is 0.000000853. The second kappa shape index (κ2) is 20.1. The molecule has 0 aromatic heterocycles. The van der Waals surface area contributed by atoms with E-state index in [-0.39, 0.29) is 50.5 Å². The summed E-state index contributed by atoms with van der Waals surface area (Å²) in [5.41, 5.74) is 12.6. The maximum absolute atomic E-state index is 3.06. The van der Waals surface area contributed by atoms with Crippen LogP contribution in [0.4, 0.5) is 0 Å². The standard InChI is InChI=1S/C23H27.C21H23.2CH3.2ClH.Si.Zr/c1-6-16(2)19-14-18-8-7-9-21(22(18)15-19)17-10-12-20(13-11-17)23(3,4)5;1-14-10-17-11-15(2)13-20(17)19(12-14)16-6-8-18(9-7-16)21(3,4)5;;;;;;/h7-16H,6H2,1-5H3;6-13H,1-5H3;2*1H3;2*1H;;/q4*-1;;;;. The maximum atomic E-state index is 3.06. The van der Waals surface area contributed by atoms with Crippen LogP contribution in [-0.4, -0.2) is 6.88 Å². The van der Waals surface area contributed by atoms with Crippen molar-refractivity contribution < 1.29 is 23.3 Å². The van der Waals surface area contributed by atoms with E-state index < -0.39 is 0 Å². The second-order valence-corrected chi connectivity index (χ2v) is 14.9. The van der Waals surface area contributed by atoms with Crippen LogP contribution >= 0.6 is 24.8 Å². The van der Waals surface area contributed by atoms with Gasteiger partial charge in [-0.05, 0) is 45.9 Å². The summed E-state index contributed by atoms with van der Waals surface area (Å²) in [5, 5.41) is 5.45. The summed E-state index contributed by atoms with van der Waals surface area (Å²) in [6.07, 6.45) is 1.19. The summed E-state index contributed by atoms with van der Waals surface area (Å²) in [6, 6.07) is 38.7. The number of hydrogen-bond donors (Lipinski definition) is 0. The first-order valence-electron chi connectivity index (χ1n) is 16.6. The van der Waals surface area contributed by atoms with Crippen molar-refractivity contribution in [1.29, 1.82) is 0 Å². The molecular formula is C46H58Cl2SiZr-4. The second-order valence-electron chi connectivity index (χ2n) is 14.9. The molecule has 0 N–H and O–H groups in total. The molecule has 0 heterocycles. The van der Waals surface area contributed by atoms with E-state index in [0.717, 1.165) is 0 Å². The van der Waals surface area contributed by atoms with Gasteiger partial charge in [0.05, 0.1) is 0 Å². The SMILES string of the molecule is CCC(C)c1cc2c(-c3ccc(C(C)(C)C)cc3)cccc2[cH-]1.Cc1cc(-c2ccc(C(C)(C)C)cc2)c2cc(C)[cH-]c2c1.Cl.Cl.[CH3-].[CH3-].[Si]=[Zr]. The molecule has 1 unspecified atom stereocenters. The van der Waals surface area contributed by atoms with Gasteiger partial charge in [0.15, 0.2) is 0 Å². The third kappa shape index (κ3) is 11.4. The molecule has 0 aliphatic heterocycles. The summed E-state index contributed by atoms with van der Waals surface area (Å²) in [6.45, 7) is 25.5. The first kappa shape index (κ1) is 47.8. The molecule has 4 heteroatoms. The van der Waals surface area contributed by atoms with Crippen LogP contribution in [0.1, 0.15) is 95.5 Å². The van der Waals surface area contributed by atoms with Gasteiger partial charge in [-0.15, -0.1) is 87.8 Å². The van der Waals surface area contributed by atoms with Crippen molar-refractivity contribution >= 4 is 53.2 Å². The van der Waals surface area contributed by atoms with Gasteiger partial charge < -0.3 is 14.9 Å². The minimum atomic E-state index is 0. The fourth-order valence-corrected chi connectivity index (χ4v) is 6.19. The van der Waals surface area contributed by atoms with E-state index in [1.807, 2.05) is 0 Å². The van der Waals surface area contributed by atoms with Gasteiger partial charge in [-0.3, -0.25) is 0 Å². The van der Waals surface area contributed by atoms with Crippen molar-refractivity contribution in [2.24, 2.45) is 0 Å². The number of rotatable bonds is 4. The summed E-state index contributed by atoms with van der Waals surface area (Å²) in [4.78, 5) is 0. The Bertz CT molecular complexity index is 1900. The number of halogens is 2. The Morgan fingerprint density at radius 3 is 1.58 bits per heavy atom. The van der Waals surface area contributed by atoms with Crippen LogP contribution in [0.2, 0.25) is 0 Å². The predicted molar refractivity (Wildman–Crippen MR) is 229 cm³/mol. The van der Waals surface area contributed by atoms with Gasteiger partial charge in [0.25, 0.3) is 0 Å². The van der Waals surface area contributed by atoms with E-state index in [1.54, 1.807) is 0 Å². The molecule has 6 aromatic carbocycles. The number of fused-ring (bicyclic) bond motifs is 2. The first-order chi connectivity index (χ1) is 21.7. The molecule has 0 saturated heterocycles. The quantitative estimate of drug-likeness (QED) is 0.123. The summed E-state index contributed by atoms with van der Waals surface area (Å²) < 4.78 is 0. The van der Waals surface area contributed by atoms with Crippen LogP contribution < -0.4 is 0 Å². The Morgan fingerprint density at radius 1 is 0.620 bits per heavy atom. The van der Waals surface area contributed by atoms with Crippen LogP contribution in [0.3, 0.4) is 0 Å². The zero-order valence-corrected chi connectivity index (χ0v) is 37.5. The van der Waals surface area contributed by atoms with Gasteiger partial charge in [0, 0.05) is 0 Å². The molecule has 0 spiro atoms. The molecule has 0 aliphatic rings. The number of hydrogen-bond acceptors (Lipinski definition) is 0. The van der Waals surface area contributed by atoms with Gasteiger partial charge in [-0.25, -0.2) is 0 Å². The zero-order valence-electron chi connectivity index (χ0n) is 32.4. The molecule has 0 amide bonds. The number of benzene rings is 4. The van der Waals surface area contributed by atoms with Crippen LogP contribution in [0.5, 0.6) is 0 Å². The molecule has 0 fully saturated rings. The van der Waals surface area contributed by atoms with E-state index >= 15 is 0 Å². The van der Waals surface area contributed by atoms with Crippen LogP contribution in [0, 0.1) is 28.7 Å². The monoisotopic (exact) mass is 798 g/mol. The first-order valence-corrected chi connectivity index (χ1v) is 20.8. The van der Waals surface area contributed by atoms with Gasteiger partial charge in [0.2, 0.25) is 0 Å². The van der Waals surface area contributed by atoms with Gasteiger partial charge in [-0.1, -0.05) is 146 Å². The average Bonchev–Trinajstić information content (AvgIpc) is 3.64. The van der Waals surface area contributed by atoms with E-state index in [1.165, 1.54) is 101 Å². The van der Waals surface area contributed by atoms with Crippen molar-refractivity contribution in [2.45, 2.75) is 92.4 Å². The van der Waals surface area contributed by atoms with Gasteiger partial charge in [0.1, 0.15) is 0 Å². The molecule has 0 nitrogen and oxygen atoms in total. The average molecular weight is 801 g/mol.